The molecule has 0 unspecified atom stereocenters. The largest absolute Gasteiger partial charge is 0.395 e. The van der Waals surface area contributed by atoms with Gasteiger partial charge in [-0.1, -0.05) is 18.2 Å². The van der Waals surface area contributed by atoms with Crippen molar-refractivity contribution in [2.24, 2.45) is 0 Å². The molecule has 4 nitrogen and oxygen atoms in total. The summed E-state index contributed by atoms with van der Waals surface area (Å²) in [6.07, 6.45) is 4.12. The summed E-state index contributed by atoms with van der Waals surface area (Å²) in [5.41, 5.74) is 5.99. The number of aliphatic hydroxyl groups is 1. The number of fused-ring (bicyclic) bond motifs is 2. The minimum absolute atomic E-state index is 0.163. The van der Waals surface area contributed by atoms with Gasteiger partial charge in [-0.25, -0.2) is 0 Å². The SMILES string of the molecule is Cc1ccc(-c2cc3cc(CNCCO)ccc3[nH]2)c2c[nH]cc12. The van der Waals surface area contributed by atoms with Crippen LogP contribution in [-0.2, 0) is 6.54 Å². The number of aromatic nitrogens is 2. The molecular weight excluding hydrogens is 298 g/mol. The highest BCUT2D eigenvalue weighted by atomic mass is 16.3. The first-order valence-corrected chi connectivity index (χ1v) is 8.26. The van der Waals surface area contributed by atoms with Crippen molar-refractivity contribution in [1.82, 2.24) is 15.3 Å². The van der Waals surface area contributed by atoms with E-state index in [0.29, 0.717) is 6.54 Å². The van der Waals surface area contributed by atoms with Crippen molar-refractivity contribution in [2.75, 3.05) is 13.2 Å². The number of aliphatic hydroxyl groups excluding tert-OH is 1. The second-order valence-corrected chi connectivity index (χ2v) is 6.22. The molecule has 0 bridgehead atoms. The molecule has 0 saturated carbocycles. The number of hydrogen-bond acceptors (Lipinski definition) is 2. The Morgan fingerprint density at radius 2 is 1.92 bits per heavy atom. The van der Waals surface area contributed by atoms with Crippen LogP contribution < -0.4 is 5.32 Å². The Kier molecular flexibility index (Phi) is 3.84. The van der Waals surface area contributed by atoms with Gasteiger partial charge in [-0.15, -0.1) is 0 Å². The minimum atomic E-state index is 0.163. The summed E-state index contributed by atoms with van der Waals surface area (Å²) in [4.78, 5) is 6.75. The van der Waals surface area contributed by atoms with E-state index in [1.807, 2.05) is 0 Å². The quantitative estimate of drug-likeness (QED) is 0.424. The van der Waals surface area contributed by atoms with Gasteiger partial charge in [0.1, 0.15) is 0 Å². The molecule has 4 rings (SSSR count). The molecule has 0 aliphatic rings. The predicted octanol–water partition coefficient (Wildman–Crippen LogP) is 3.71. The number of aromatic amines is 2. The zero-order valence-corrected chi connectivity index (χ0v) is 13.7. The van der Waals surface area contributed by atoms with E-state index in [-0.39, 0.29) is 6.61 Å². The number of rotatable bonds is 5. The summed E-state index contributed by atoms with van der Waals surface area (Å²) >= 11 is 0. The Morgan fingerprint density at radius 1 is 1.04 bits per heavy atom. The fourth-order valence-electron chi connectivity index (χ4n) is 3.28. The van der Waals surface area contributed by atoms with Crippen molar-refractivity contribution in [3.8, 4) is 11.3 Å². The van der Waals surface area contributed by atoms with Crippen molar-refractivity contribution < 1.29 is 5.11 Å². The average molecular weight is 319 g/mol. The third-order valence-corrected chi connectivity index (χ3v) is 4.55. The molecule has 0 amide bonds. The molecular formula is C20H21N3O. The highest BCUT2D eigenvalue weighted by Crippen LogP contribution is 2.32. The Hall–Kier alpha value is -2.56. The molecule has 0 spiro atoms. The van der Waals surface area contributed by atoms with Gasteiger partial charge in [-0.05, 0) is 36.2 Å². The summed E-state index contributed by atoms with van der Waals surface area (Å²) in [5, 5.41) is 15.8. The topological polar surface area (TPSA) is 63.8 Å². The van der Waals surface area contributed by atoms with Gasteiger partial charge in [0.25, 0.3) is 0 Å². The van der Waals surface area contributed by atoms with Crippen molar-refractivity contribution in [3.05, 3.63) is 59.9 Å². The van der Waals surface area contributed by atoms with Crippen molar-refractivity contribution in [3.63, 3.8) is 0 Å². The van der Waals surface area contributed by atoms with Crippen LogP contribution in [0.3, 0.4) is 0 Å². The van der Waals surface area contributed by atoms with E-state index in [0.717, 1.165) is 17.8 Å². The third kappa shape index (κ3) is 2.60. The molecule has 0 saturated heterocycles. The van der Waals surface area contributed by atoms with Crippen LogP contribution in [0.15, 0.2) is 48.8 Å². The molecule has 0 atom stereocenters. The standard InChI is InChI=1S/C20H21N3O/c1-13-2-4-16(18-12-22-11-17(13)18)20-9-15-8-14(10-21-6-7-24)3-5-19(15)23-20/h2-5,8-9,11-12,21-24H,6-7,10H2,1H3. The summed E-state index contributed by atoms with van der Waals surface area (Å²) in [6.45, 7) is 3.68. The number of benzene rings is 2. The number of hydrogen-bond donors (Lipinski definition) is 4. The molecule has 122 valence electrons. The Bertz CT molecular complexity index is 997. The van der Waals surface area contributed by atoms with Gasteiger partial charge in [0, 0.05) is 58.4 Å². The third-order valence-electron chi connectivity index (χ3n) is 4.55. The lowest BCUT2D eigenvalue weighted by Gasteiger charge is -2.03. The van der Waals surface area contributed by atoms with E-state index in [2.05, 4.69) is 71.0 Å². The lowest BCUT2D eigenvalue weighted by Crippen LogP contribution is -2.17. The molecule has 0 radical (unpaired) electrons. The van der Waals surface area contributed by atoms with E-state index in [1.54, 1.807) is 0 Å². The van der Waals surface area contributed by atoms with Crippen LogP contribution in [0.2, 0.25) is 0 Å². The molecule has 2 aromatic carbocycles. The van der Waals surface area contributed by atoms with Crippen molar-refractivity contribution >= 4 is 21.7 Å². The van der Waals surface area contributed by atoms with Gasteiger partial charge in [0.2, 0.25) is 0 Å². The smallest absolute Gasteiger partial charge is 0.0556 e. The maximum absolute atomic E-state index is 8.86. The molecule has 0 fully saturated rings. The van der Waals surface area contributed by atoms with Gasteiger partial charge < -0.3 is 20.4 Å². The van der Waals surface area contributed by atoms with Crippen LogP contribution in [0.5, 0.6) is 0 Å². The minimum Gasteiger partial charge on any atom is -0.395 e. The van der Waals surface area contributed by atoms with Crippen LogP contribution in [-0.4, -0.2) is 28.2 Å². The fourth-order valence-corrected chi connectivity index (χ4v) is 3.28. The summed E-state index contributed by atoms with van der Waals surface area (Å²) < 4.78 is 0. The lowest BCUT2D eigenvalue weighted by atomic mass is 10.0. The van der Waals surface area contributed by atoms with Gasteiger partial charge >= 0.3 is 0 Å². The van der Waals surface area contributed by atoms with Crippen molar-refractivity contribution in [2.45, 2.75) is 13.5 Å². The second kappa shape index (κ2) is 6.15. The lowest BCUT2D eigenvalue weighted by molar-refractivity contribution is 0.292. The molecule has 4 aromatic rings. The van der Waals surface area contributed by atoms with E-state index in [4.69, 9.17) is 5.11 Å². The summed E-state index contributed by atoms with van der Waals surface area (Å²) in [5.74, 6) is 0. The maximum atomic E-state index is 8.86. The van der Waals surface area contributed by atoms with E-state index in [9.17, 15) is 0 Å². The van der Waals surface area contributed by atoms with Gasteiger partial charge in [0.15, 0.2) is 0 Å². The predicted molar refractivity (Wildman–Crippen MR) is 99.1 cm³/mol. The Morgan fingerprint density at radius 3 is 2.79 bits per heavy atom. The van der Waals surface area contributed by atoms with Crippen molar-refractivity contribution in [1.29, 1.82) is 0 Å². The highest BCUT2D eigenvalue weighted by Gasteiger charge is 2.09. The monoisotopic (exact) mass is 319 g/mol. The normalized spacial score (nSPS) is 11.6. The zero-order valence-electron chi connectivity index (χ0n) is 13.7. The van der Waals surface area contributed by atoms with Gasteiger partial charge in [-0.2, -0.15) is 0 Å². The molecule has 2 aromatic heterocycles. The highest BCUT2D eigenvalue weighted by molar-refractivity contribution is 5.99. The Labute approximate surface area is 140 Å². The molecule has 4 N–H and O–H groups in total. The first-order chi connectivity index (χ1) is 11.8. The molecule has 0 aliphatic carbocycles. The van der Waals surface area contributed by atoms with Crippen LogP contribution in [0, 0.1) is 6.92 Å². The summed E-state index contributed by atoms with van der Waals surface area (Å²) in [6, 6.07) is 13.0. The van der Waals surface area contributed by atoms with Crippen LogP contribution in [0.25, 0.3) is 32.9 Å². The Balaban J connectivity index is 1.74. The van der Waals surface area contributed by atoms with E-state index in [1.165, 1.54) is 32.8 Å². The number of H-pyrrole nitrogens is 2. The van der Waals surface area contributed by atoms with Gasteiger partial charge in [-0.3, -0.25) is 0 Å². The first kappa shape index (κ1) is 15.0. The molecule has 2 heterocycles. The van der Waals surface area contributed by atoms with Gasteiger partial charge in [0.05, 0.1) is 6.61 Å². The maximum Gasteiger partial charge on any atom is 0.0556 e. The average Bonchev–Trinajstić information content (AvgIpc) is 3.22. The first-order valence-electron chi connectivity index (χ1n) is 8.26. The number of nitrogens with one attached hydrogen (secondary N) is 3. The second-order valence-electron chi connectivity index (χ2n) is 6.22. The molecule has 0 aliphatic heterocycles. The number of aryl methyl sites for hydroxylation is 1. The van der Waals surface area contributed by atoms with Crippen LogP contribution in [0.4, 0.5) is 0 Å². The van der Waals surface area contributed by atoms with Crippen LogP contribution in [0.1, 0.15) is 11.1 Å². The molecule has 4 heteroatoms. The van der Waals surface area contributed by atoms with Crippen LogP contribution >= 0.6 is 0 Å². The zero-order chi connectivity index (χ0) is 16.5. The fraction of sp³-hybridized carbons (Fsp3) is 0.200. The van der Waals surface area contributed by atoms with E-state index >= 15 is 0 Å². The molecule has 24 heavy (non-hydrogen) atoms. The van der Waals surface area contributed by atoms with E-state index < -0.39 is 0 Å². The summed E-state index contributed by atoms with van der Waals surface area (Å²) in [7, 11) is 0.